The van der Waals surface area contributed by atoms with E-state index in [9.17, 15) is 4.79 Å². The Morgan fingerprint density at radius 3 is 2.40 bits per heavy atom. The molecular formula is C36H42ClN6O7PSi. The molecule has 0 saturated carbocycles. The largest absolute Gasteiger partial charge is 0.472 e. The number of imidazole rings is 1. The minimum Gasteiger partial charge on any atom is -0.472 e. The van der Waals surface area contributed by atoms with Gasteiger partial charge in [0.2, 0.25) is 11.8 Å². The van der Waals surface area contributed by atoms with Gasteiger partial charge < -0.3 is 27.7 Å². The Bertz CT molecular complexity index is 1820. The van der Waals surface area contributed by atoms with E-state index in [1.165, 1.54) is 6.08 Å². The molecule has 1 aliphatic heterocycles. The molecule has 52 heavy (non-hydrogen) atoms. The summed E-state index contributed by atoms with van der Waals surface area (Å²) in [6.45, 7) is 14.3. The van der Waals surface area contributed by atoms with Crippen molar-refractivity contribution >= 4 is 60.9 Å². The molecule has 1 N–H and O–H groups in total. The summed E-state index contributed by atoms with van der Waals surface area (Å²) in [5, 5.41) is 13.5. The van der Waals surface area contributed by atoms with E-state index in [1.54, 1.807) is 17.0 Å². The molecule has 0 spiro atoms. The first-order valence-electron chi connectivity index (χ1n) is 16.7. The first-order valence-corrected chi connectivity index (χ1v) is 20.7. The number of fused-ring (bicyclic) bond motifs is 1. The molecule has 1 aliphatic rings. The molecule has 274 valence electrons. The van der Waals surface area contributed by atoms with Gasteiger partial charge in [0.1, 0.15) is 25.5 Å². The van der Waals surface area contributed by atoms with Crippen molar-refractivity contribution in [3.05, 3.63) is 92.3 Å². The van der Waals surface area contributed by atoms with Gasteiger partial charge in [-0.3, -0.25) is 9.88 Å². The summed E-state index contributed by atoms with van der Waals surface area (Å²) in [5.41, 5.74) is 0.683. The first-order chi connectivity index (χ1) is 25.1. The van der Waals surface area contributed by atoms with Gasteiger partial charge in [-0.15, -0.1) is 0 Å². The van der Waals surface area contributed by atoms with Gasteiger partial charge >= 0.3 is 6.09 Å². The van der Waals surface area contributed by atoms with Crippen LogP contribution in [0.15, 0.2) is 92.3 Å². The highest BCUT2D eigenvalue weighted by Gasteiger charge is 2.51. The van der Waals surface area contributed by atoms with Gasteiger partial charge in [0.25, 0.3) is 16.0 Å². The molecule has 4 aromatic rings. The predicted molar refractivity (Wildman–Crippen MR) is 202 cm³/mol. The van der Waals surface area contributed by atoms with Crippen LogP contribution >= 0.6 is 19.0 Å². The normalized spacial score (nSPS) is 18.0. The van der Waals surface area contributed by atoms with Crippen LogP contribution in [0.5, 0.6) is 5.88 Å². The number of carbonyl (C=O) groups excluding carboxylic acids is 1. The van der Waals surface area contributed by atoms with Crippen LogP contribution in [0.4, 0.5) is 10.7 Å². The molecule has 4 atom stereocenters. The number of nitriles is 1. The minimum absolute atomic E-state index is 0.00380. The number of amides is 1. The number of hydrogen-bond donors (Lipinski definition) is 1. The lowest BCUT2D eigenvalue weighted by Gasteiger charge is -2.43. The Labute approximate surface area is 310 Å². The zero-order valence-corrected chi connectivity index (χ0v) is 32.0. The summed E-state index contributed by atoms with van der Waals surface area (Å²) < 4.78 is 38.5. The molecule has 3 heterocycles. The maximum Gasteiger partial charge on any atom is 0.414 e. The quantitative estimate of drug-likeness (QED) is 0.0525. The van der Waals surface area contributed by atoms with E-state index in [0.29, 0.717) is 17.6 Å². The zero-order chi connectivity index (χ0) is 37.1. The number of halogens is 1. The number of benzene rings is 2. The van der Waals surface area contributed by atoms with E-state index in [1.807, 2.05) is 42.5 Å². The average molecular weight is 765 g/mol. The molecule has 2 aromatic carbocycles. The summed E-state index contributed by atoms with van der Waals surface area (Å²) in [7, 11) is -4.82. The topological polar surface area (TPSA) is 152 Å². The summed E-state index contributed by atoms with van der Waals surface area (Å²) >= 11 is 6.56. The molecule has 16 heteroatoms. The highest BCUT2D eigenvalue weighted by Crippen LogP contribution is 2.49. The highest BCUT2D eigenvalue weighted by atomic mass is 35.7. The SMILES string of the molecule is C=CCOC(=O)Nc1nc(OCC=C)c2ncn([C@H]3C[C@H](OP(Cl)OCCC#N)[C@@H](CO[Si](c4ccccc4)(c4ccccc4)C(C)(C)C)O3)c2n1. The predicted octanol–water partition coefficient (Wildman–Crippen LogP) is 6.77. The standard InChI is InChI=1S/C36H42ClN6O7PSi/c1-6-20-45-33-31-32(40-34(41-33)42-35(44)46-21-7-2)43(25-39-31)30-23-28(50-51(37)47-22-14-19-38)29(49-30)24-48-52(36(3,4)5,26-15-10-8-11-16-26)27-17-12-9-13-18-27/h6-13,15-18,25,28-30H,1-2,14,20-24H2,3-5H3,(H,40,41,42,44)/t28-,29+,30+,51?/m0/s1. The van der Waals surface area contributed by atoms with Crippen LogP contribution in [0.1, 0.15) is 39.8 Å². The van der Waals surface area contributed by atoms with Crippen molar-refractivity contribution in [2.45, 2.75) is 57.1 Å². The number of carbonyl (C=O) groups is 1. The summed E-state index contributed by atoms with van der Waals surface area (Å²) in [4.78, 5) is 25.8. The average Bonchev–Trinajstić information content (AvgIpc) is 3.74. The van der Waals surface area contributed by atoms with Gasteiger partial charge in [0.05, 0.1) is 38.1 Å². The Hall–Kier alpha value is -4.19. The molecule has 0 radical (unpaired) electrons. The van der Waals surface area contributed by atoms with Crippen LogP contribution in [0.3, 0.4) is 0 Å². The van der Waals surface area contributed by atoms with Gasteiger partial charge in [-0.25, -0.2) is 9.78 Å². The van der Waals surface area contributed by atoms with E-state index in [0.717, 1.165) is 10.4 Å². The molecule has 1 fully saturated rings. The van der Waals surface area contributed by atoms with Crippen molar-refractivity contribution in [3.8, 4) is 11.9 Å². The second-order valence-corrected chi connectivity index (χ2v) is 18.8. The molecule has 13 nitrogen and oxygen atoms in total. The lowest BCUT2D eigenvalue weighted by atomic mass is 10.2. The van der Waals surface area contributed by atoms with Crippen molar-refractivity contribution in [1.82, 2.24) is 19.5 Å². The molecular weight excluding hydrogens is 723 g/mol. The molecule has 5 rings (SSSR count). The number of nitrogens with one attached hydrogen (secondary N) is 1. The van der Waals surface area contributed by atoms with Crippen molar-refractivity contribution < 1.29 is 32.5 Å². The van der Waals surface area contributed by atoms with Gasteiger partial charge in [-0.05, 0) is 26.7 Å². The van der Waals surface area contributed by atoms with E-state index in [-0.39, 0.29) is 49.7 Å². The number of ether oxygens (including phenoxy) is 3. The zero-order valence-electron chi connectivity index (χ0n) is 29.3. The van der Waals surface area contributed by atoms with Crippen LogP contribution in [-0.2, 0) is 22.9 Å². The number of aromatic nitrogens is 4. The number of anilines is 1. The van der Waals surface area contributed by atoms with Crippen LogP contribution in [-0.4, -0.2) is 72.6 Å². The fourth-order valence-electron chi connectivity index (χ4n) is 6.06. The molecule has 0 bridgehead atoms. The third kappa shape index (κ3) is 9.05. The maximum absolute atomic E-state index is 12.4. The smallest absolute Gasteiger partial charge is 0.414 e. The van der Waals surface area contributed by atoms with Gasteiger partial charge in [0.15, 0.2) is 11.2 Å². The van der Waals surface area contributed by atoms with E-state index in [4.69, 9.17) is 44.2 Å². The van der Waals surface area contributed by atoms with E-state index >= 15 is 0 Å². The van der Waals surface area contributed by atoms with Crippen molar-refractivity contribution in [2.75, 3.05) is 31.7 Å². The molecule has 1 saturated heterocycles. The van der Waals surface area contributed by atoms with Crippen LogP contribution < -0.4 is 20.4 Å². The summed E-state index contributed by atoms with van der Waals surface area (Å²) in [6, 6.07) is 22.7. The van der Waals surface area contributed by atoms with Gasteiger partial charge in [-0.2, -0.15) is 15.2 Å². The van der Waals surface area contributed by atoms with Crippen molar-refractivity contribution in [1.29, 1.82) is 5.26 Å². The second-order valence-electron chi connectivity index (χ2n) is 12.7. The van der Waals surface area contributed by atoms with E-state index in [2.05, 4.69) is 78.5 Å². The fraction of sp³-hybridized carbons (Fsp3) is 0.361. The Balaban J connectivity index is 1.50. The summed E-state index contributed by atoms with van der Waals surface area (Å²) in [5.74, 6) is 0.0742. The third-order valence-electron chi connectivity index (χ3n) is 8.27. The Morgan fingerprint density at radius 1 is 1.12 bits per heavy atom. The van der Waals surface area contributed by atoms with Gasteiger partial charge in [0, 0.05) is 6.42 Å². The number of nitrogens with zero attached hydrogens (tertiary/aromatic N) is 5. The van der Waals surface area contributed by atoms with Crippen LogP contribution in [0.25, 0.3) is 11.2 Å². The molecule has 1 amide bonds. The van der Waals surface area contributed by atoms with Crippen molar-refractivity contribution in [2.24, 2.45) is 0 Å². The summed E-state index contributed by atoms with van der Waals surface area (Å²) in [6.07, 6.45) is 2.49. The lowest BCUT2D eigenvalue weighted by molar-refractivity contribution is -0.0357. The van der Waals surface area contributed by atoms with Crippen LogP contribution in [0.2, 0.25) is 5.04 Å². The minimum atomic E-state index is -2.95. The number of hydrogen-bond acceptors (Lipinski definition) is 11. The first kappa shape index (κ1) is 39.0. The highest BCUT2D eigenvalue weighted by molar-refractivity contribution is 7.76. The van der Waals surface area contributed by atoms with Crippen LogP contribution in [0, 0.1) is 11.3 Å². The second kappa shape index (κ2) is 18.0. The van der Waals surface area contributed by atoms with E-state index < -0.39 is 40.6 Å². The third-order valence-corrected chi connectivity index (χ3v) is 14.6. The molecule has 0 aliphatic carbocycles. The number of rotatable bonds is 17. The Kier molecular flexibility index (Phi) is 13.5. The molecule has 1 unspecified atom stereocenters. The monoisotopic (exact) mass is 764 g/mol. The lowest BCUT2D eigenvalue weighted by Crippen LogP contribution is -2.67. The molecule has 2 aromatic heterocycles. The fourth-order valence-corrected chi connectivity index (χ4v) is 11.9. The Morgan fingerprint density at radius 2 is 1.79 bits per heavy atom. The van der Waals surface area contributed by atoms with Gasteiger partial charge in [-0.1, -0.05) is 107 Å². The maximum atomic E-state index is 12.4. The van der Waals surface area contributed by atoms with Crippen molar-refractivity contribution in [3.63, 3.8) is 0 Å².